The second kappa shape index (κ2) is 5.90. The molecule has 1 rings (SSSR count). The number of nitrogens with one attached hydrogen (secondary N) is 2. The van der Waals surface area contributed by atoms with Crippen LogP contribution in [0.3, 0.4) is 0 Å². The maximum atomic E-state index is 12.8. The molecule has 98 valence electrons. The molecule has 1 aliphatic rings. The normalized spacial score (nSPS) is 22.3. The first-order chi connectivity index (χ1) is 7.95. The lowest BCUT2D eigenvalue weighted by molar-refractivity contribution is -0.158. The van der Waals surface area contributed by atoms with Crippen LogP contribution >= 0.6 is 0 Å². The van der Waals surface area contributed by atoms with Gasteiger partial charge in [-0.1, -0.05) is 6.92 Å². The summed E-state index contributed by atoms with van der Waals surface area (Å²) in [6.45, 7) is 2.59. The van der Waals surface area contributed by atoms with E-state index in [1.54, 1.807) is 0 Å². The van der Waals surface area contributed by atoms with Crippen LogP contribution in [0.4, 0.5) is 8.78 Å². The smallest absolute Gasteiger partial charge is 0.377 e. The van der Waals surface area contributed by atoms with E-state index < -0.39 is 24.4 Å². The van der Waals surface area contributed by atoms with Crippen molar-refractivity contribution in [1.29, 1.82) is 0 Å². The Morgan fingerprint density at radius 1 is 1.59 bits per heavy atom. The van der Waals surface area contributed by atoms with E-state index in [-0.39, 0.29) is 19.0 Å². The van der Waals surface area contributed by atoms with Crippen molar-refractivity contribution < 1.29 is 23.1 Å². The minimum atomic E-state index is -3.39. The van der Waals surface area contributed by atoms with Crippen LogP contribution in [0.5, 0.6) is 0 Å². The zero-order valence-corrected chi connectivity index (χ0v) is 9.59. The lowest BCUT2D eigenvalue weighted by atomic mass is 10.2. The number of rotatable bonds is 6. The summed E-state index contributed by atoms with van der Waals surface area (Å²) >= 11 is 0. The summed E-state index contributed by atoms with van der Waals surface area (Å²) in [6.07, 6.45) is -0.662. The first kappa shape index (κ1) is 13.8. The van der Waals surface area contributed by atoms with E-state index in [0.717, 1.165) is 6.42 Å². The summed E-state index contributed by atoms with van der Waals surface area (Å²) in [6, 6.07) is 0. The summed E-state index contributed by atoms with van der Waals surface area (Å²) in [5, 5.41) is 5.30. The summed E-state index contributed by atoms with van der Waals surface area (Å²) < 4.78 is 30.0. The molecular formula is C10H16F2N2O3. The summed E-state index contributed by atoms with van der Waals surface area (Å²) in [5.41, 5.74) is 0. The fourth-order valence-electron chi connectivity index (χ4n) is 1.44. The van der Waals surface area contributed by atoms with Crippen molar-refractivity contribution in [3.8, 4) is 0 Å². The highest BCUT2D eigenvalue weighted by Crippen LogP contribution is 2.30. The Morgan fingerprint density at radius 3 is 2.82 bits per heavy atom. The van der Waals surface area contributed by atoms with E-state index in [0.29, 0.717) is 6.54 Å². The van der Waals surface area contributed by atoms with E-state index in [1.807, 2.05) is 6.92 Å². The van der Waals surface area contributed by atoms with Crippen molar-refractivity contribution in [3.05, 3.63) is 0 Å². The molecule has 0 aromatic rings. The molecular weight excluding hydrogens is 234 g/mol. The number of ether oxygens (including phenoxy) is 1. The molecule has 2 N–H and O–H groups in total. The molecule has 1 saturated heterocycles. The second-order valence-corrected chi connectivity index (χ2v) is 3.92. The molecule has 0 bridgehead atoms. The van der Waals surface area contributed by atoms with Crippen LogP contribution in [0.1, 0.15) is 19.8 Å². The Balaban J connectivity index is 2.16. The average Bonchev–Trinajstić information content (AvgIpc) is 2.50. The molecule has 0 radical (unpaired) electrons. The van der Waals surface area contributed by atoms with Gasteiger partial charge >= 0.3 is 11.9 Å². The van der Waals surface area contributed by atoms with Gasteiger partial charge in [-0.2, -0.15) is 8.78 Å². The highest BCUT2D eigenvalue weighted by atomic mass is 19.3. The average molecular weight is 250 g/mol. The van der Waals surface area contributed by atoms with Gasteiger partial charge in [-0.15, -0.1) is 0 Å². The molecule has 7 heteroatoms. The van der Waals surface area contributed by atoms with Gasteiger partial charge in [-0.3, -0.25) is 4.79 Å². The summed E-state index contributed by atoms with van der Waals surface area (Å²) in [4.78, 5) is 21.8. The van der Waals surface area contributed by atoms with E-state index >= 15 is 0 Å². The van der Waals surface area contributed by atoms with Gasteiger partial charge in [0.15, 0.2) is 0 Å². The van der Waals surface area contributed by atoms with E-state index in [4.69, 9.17) is 0 Å². The van der Waals surface area contributed by atoms with Gasteiger partial charge in [0.05, 0.1) is 13.0 Å². The van der Waals surface area contributed by atoms with Gasteiger partial charge in [-0.25, -0.2) is 4.79 Å². The highest BCUT2D eigenvalue weighted by molar-refractivity contribution is 5.80. The van der Waals surface area contributed by atoms with Crippen LogP contribution < -0.4 is 10.6 Å². The third-order valence-corrected chi connectivity index (χ3v) is 2.29. The van der Waals surface area contributed by atoms with Crippen molar-refractivity contribution in [1.82, 2.24) is 10.6 Å². The van der Waals surface area contributed by atoms with Crippen molar-refractivity contribution in [3.63, 3.8) is 0 Å². The Bertz CT molecular complexity index is 297. The number of hydrogen-bond acceptors (Lipinski definition) is 4. The van der Waals surface area contributed by atoms with Crippen LogP contribution in [-0.2, 0) is 14.3 Å². The largest absolute Gasteiger partial charge is 0.456 e. The maximum Gasteiger partial charge on any atom is 0.377 e. The molecule has 1 atom stereocenters. The van der Waals surface area contributed by atoms with Crippen molar-refractivity contribution >= 4 is 11.9 Å². The van der Waals surface area contributed by atoms with Crippen molar-refractivity contribution in [2.24, 2.45) is 0 Å². The van der Waals surface area contributed by atoms with Gasteiger partial charge in [0.1, 0.15) is 6.10 Å². The van der Waals surface area contributed by atoms with Crippen LogP contribution in [0.15, 0.2) is 0 Å². The van der Waals surface area contributed by atoms with E-state index in [2.05, 4.69) is 15.4 Å². The molecule has 0 saturated carbocycles. The number of carbonyl (C=O) groups is 2. The lowest BCUT2D eigenvalue weighted by Gasteiger charge is -2.09. The molecule has 17 heavy (non-hydrogen) atoms. The predicted molar refractivity (Wildman–Crippen MR) is 55.6 cm³/mol. The minimum absolute atomic E-state index is 0.0274. The topological polar surface area (TPSA) is 67.4 Å². The number of hydrogen-bond donors (Lipinski definition) is 2. The van der Waals surface area contributed by atoms with Crippen molar-refractivity contribution in [2.45, 2.75) is 31.8 Å². The molecule has 1 heterocycles. The summed E-state index contributed by atoms with van der Waals surface area (Å²) in [5.74, 6) is -5.08. The van der Waals surface area contributed by atoms with Crippen LogP contribution in [0, 0.1) is 0 Å². The number of amides is 1. The fourth-order valence-corrected chi connectivity index (χ4v) is 1.44. The van der Waals surface area contributed by atoms with E-state index in [9.17, 15) is 18.4 Å². The third kappa shape index (κ3) is 4.26. The van der Waals surface area contributed by atoms with Gasteiger partial charge in [-0.05, 0) is 6.42 Å². The van der Waals surface area contributed by atoms with Crippen LogP contribution in [0.2, 0.25) is 0 Å². The Labute approximate surface area is 97.9 Å². The van der Waals surface area contributed by atoms with Gasteiger partial charge in [0.25, 0.3) is 0 Å². The number of halogens is 2. The zero-order valence-electron chi connectivity index (χ0n) is 9.59. The molecule has 1 amide bonds. The molecule has 1 fully saturated rings. The molecule has 0 spiro atoms. The number of alkyl halides is 2. The Hall–Kier alpha value is -1.24. The molecule has 5 nitrogen and oxygen atoms in total. The second-order valence-electron chi connectivity index (χ2n) is 3.92. The highest BCUT2D eigenvalue weighted by Gasteiger charge is 2.50. The monoisotopic (exact) mass is 250 g/mol. The molecule has 0 aromatic carbocycles. The first-order valence-electron chi connectivity index (χ1n) is 5.52. The first-order valence-corrected chi connectivity index (χ1v) is 5.52. The lowest BCUT2D eigenvalue weighted by Crippen LogP contribution is -2.37. The predicted octanol–water partition coefficient (Wildman–Crippen LogP) is 0.0530. The number of cyclic esters (lactones) is 1. The Morgan fingerprint density at radius 2 is 2.29 bits per heavy atom. The number of esters is 1. The SMILES string of the molecule is CCCNC(=O)CNCC1CC(F)(F)C(=O)O1. The van der Waals surface area contributed by atoms with Gasteiger partial charge in [0, 0.05) is 13.1 Å². The third-order valence-electron chi connectivity index (χ3n) is 2.29. The quantitative estimate of drug-likeness (QED) is 0.654. The minimum Gasteiger partial charge on any atom is -0.456 e. The molecule has 1 aliphatic heterocycles. The summed E-state index contributed by atoms with van der Waals surface area (Å²) in [7, 11) is 0. The maximum absolute atomic E-state index is 12.8. The Kier molecular flexibility index (Phi) is 4.80. The molecule has 0 aromatic heterocycles. The van der Waals surface area contributed by atoms with E-state index in [1.165, 1.54) is 0 Å². The van der Waals surface area contributed by atoms with Crippen LogP contribution in [-0.4, -0.2) is 43.5 Å². The van der Waals surface area contributed by atoms with Crippen LogP contribution in [0.25, 0.3) is 0 Å². The molecule has 0 aliphatic carbocycles. The van der Waals surface area contributed by atoms with Gasteiger partial charge < -0.3 is 15.4 Å². The van der Waals surface area contributed by atoms with Gasteiger partial charge in [0.2, 0.25) is 5.91 Å². The standard InChI is InChI=1S/C10H16F2N2O3/c1-2-3-14-8(15)6-13-5-7-4-10(11,12)9(16)17-7/h7,13H,2-6H2,1H3,(H,14,15). The zero-order chi connectivity index (χ0) is 12.9. The number of carbonyl (C=O) groups excluding carboxylic acids is 2. The van der Waals surface area contributed by atoms with Crippen molar-refractivity contribution in [2.75, 3.05) is 19.6 Å². The fraction of sp³-hybridized carbons (Fsp3) is 0.800. The molecule has 1 unspecified atom stereocenters.